The summed E-state index contributed by atoms with van der Waals surface area (Å²) in [5.41, 5.74) is 1.75. The molecule has 1 fully saturated rings. The molecule has 2 heterocycles. The van der Waals surface area contributed by atoms with Crippen molar-refractivity contribution in [1.29, 1.82) is 0 Å². The van der Waals surface area contributed by atoms with Crippen molar-refractivity contribution in [3.63, 3.8) is 0 Å². The SMILES string of the molecule is COc1ccc(S(=O)(=O)N2CCN(C(=O)c3c(C)noc3C)CC2)cc1C. The third-order valence-electron chi connectivity index (χ3n) is 4.78. The summed E-state index contributed by atoms with van der Waals surface area (Å²) in [5.74, 6) is 0.939. The highest BCUT2D eigenvalue weighted by atomic mass is 32.2. The fourth-order valence-electron chi connectivity index (χ4n) is 3.24. The molecule has 0 radical (unpaired) electrons. The van der Waals surface area contributed by atoms with Crippen molar-refractivity contribution >= 4 is 15.9 Å². The van der Waals surface area contributed by atoms with Gasteiger partial charge in [0.15, 0.2) is 0 Å². The minimum absolute atomic E-state index is 0.177. The van der Waals surface area contributed by atoms with E-state index < -0.39 is 10.0 Å². The number of hydrogen-bond donors (Lipinski definition) is 0. The maximum absolute atomic E-state index is 12.9. The Kier molecular flexibility index (Phi) is 5.25. The van der Waals surface area contributed by atoms with Gasteiger partial charge in [-0.3, -0.25) is 4.79 Å². The number of sulfonamides is 1. The van der Waals surface area contributed by atoms with Crippen LogP contribution in [0.3, 0.4) is 0 Å². The number of carbonyl (C=O) groups is 1. The van der Waals surface area contributed by atoms with Gasteiger partial charge in [0.1, 0.15) is 17.1 Å². The fraction of sp³-hybridized carbons (Fsp3) is 0.444. The molecule has 0 aliphatic carbocycles. The van der Waals surface area contributed by atoms with Crippen molar-refractivity contribution in [2.24, 2.45) is 0 Å². The van der Waals surface area contributed by atoms with Crippen molar-refractivity contribution < 1.29 is 22.5 Å². The molecule has 0 saturated carbocycles. The number of aromatic nitrogens is 1. The van der Waals surface area contributed by atoms with Gasteiger partial charge in [0.05, 0.1) is 17.7 Å². The average Bonchev–Trinajstić information content (AvgIpc) is 2.99. The van der Waals surface area contributed by atoms with E-state index in [2.05, 4.69) is 5.16 Å². The Morgan fingerprint density at radius 2 is 1.81 bits per heavy atom. The van der Waals surface area contributed by atoms with E-state index in [1.807, 2.05) is 0 Å². The highest BCUT2D eigenvalue weighted by Gasteiger charge is 2.32. The molecule has 8 nitrogen and oxygen atoms in total. The van der Waals surface area contributed by atoms with E-state index in [1.54, 1.807) is 51.0 Å². The molecule has 0 N–H and O–H groups in total. The largest absolute Gasteiger partial charge is 0.496 e. The van der Waals surface area contributed by atoms with Crippen LogP contribution >= 0.6 is 0 Å². The van der Waals surface area contributed by atoms with E-state index in [1.165, 1.54) is 4.31 Å². The number of hydrogen-bond acceptors (Lipinski definition) is 6. The Hall–Kier alpha value is -2.39. The second-order valence-electron chi connectivity index (χ2n) is 6.53. The van der Waals surface area contributed by atoms with Crippen LogP contribution in [0, 0.1) is 20.8 Å². The number of carbonyl (C=O) groups excluding carboxylic acids is 1. The number of ether oxygens (including phenoxy) is 1. The van der Waals surface area contributed by atoms with Crippen LogP contribution in [0.1, 0.15) is 27.4 Å². The number of rotatable bonds is 4. The molecule has 0 bridgehead atoms. The molecule has 0 unspecified atom stereocenters. The Morgan fingerprint density at radius 3 is 2.33 bits per heavy atom. The van der Waals surface area contributed by atoms with Crippen molar-refractivity contribution in [3.05, 3.63) is 40.8 Å². The van der Waals surface area contributed by atoms with Crippen molar-refractivity contribution in [3.8, 4) is 5.75 Å². The first-order chi connectivity index (χ1) is 12.8. The van der Waals surface area contributed by atoms with Crippen LogP contribution in [0.4, 0.5) is 0 Å². The van der Waals surface area contributed by atoms with Gasteiger partial charge in [0.25, 0.3) is 5.91 Å². The first kappa shape index (κ1) is 19.4. The zero-order valence-corrected chi connectivity index (χ0v) is 16.7. The Bertz CT molecular complexity index is 940. The van der Waals surface area contributed by atoms with Gasteiger partial charge in [-0.25, -0.2) is 8.42 Å². The molecule has 9 heteroatoms. The Morgan fingerprint density at radius 1 is 1.15 bits per heavy atom. The van der Waals surface area contributed by atoms with Gasteiger partial charge in [0, 0.05) is 26.2 Å². The summed E-state index contributed by atoms with van der Waals surface area (Å²) in [6.45, 7) is 6.33. The number of benzene rings is 1. The summed E-state index contributed by atoms with van der Waals surface area (Å²) in [6, 6.07) is 4.80. The molecule has 146 valence electrons. The van der Waals surface area contributed by atoms with Crippen molar-refractivity contribution in [1.82, 2.24) is 14.4 Å². The monoisotopic (exact) mass is 393 g/mol. The average molecular weight is 393 g/mol. The van der Waals surface area contributed by atoms with Crippen LogP contribution in [-0.2, 0) is 10.0 Å². The van der Waals surface area contributed by atoms with E-state index in [0.29, 0.717) is 35.9 Å². The summed E-state index contributed by atoms with van der Waals surface area (Å²) in [7, 11) is -2.07. The molecule has 2 aromatic rings. The molecule has 0 atom stereocenters. The number of nitrogens with zero attached hydrogens (tertiary/aromatic N) is 3. The summed E-state index contributed by atoms with van der Waals surface area (Å²) < 4.78 is 37.5. The van der Waals surface area contributed by atoms with Gasteiger partial charge in [-0.15, -0.1) is 0 Å². The number of amides is 1. The van der Waals surface area contributed by atoms with E-state index in [0.717, 1.165) is 5.56 Å². The zero-order valence-electron chi connectivity index (χ0n) is 15.9. The predicted molar refractivity (Wildman–Crippen MR) is 98.4 cm³/mol. The smallest absolute Gasteiger partial charge is 0.259 e. The molecule has 1 aliphatic rings. The van der Waals surface area contributed by atoms with E-state index >= 15 is 0 Å². The lowest BCUT2D eigenvalue weighted by molar-refractivity contribution is 0.0695. The highest BCUT2D eigenvalue weighted by Crippen LogP contribution is 2.25. The third-order valence-corrected chi connectivity index (χ3v) is 6.67. The fourth-order valence-corrected chi connectivity index (χ4v) is 4.75. The minimum atomic E-state index is -3.62. The summed E-state index contributed by atoms with van der Waals surface area (Å²) in [4.78, 5) is 14.6. The molecular weight excluding hydrogens is 370 g/mol. The molecule has 27 heavy (non-hydrogen) atoms. The predicted octanol–water partition coefficient (Wildman–Crippen LogP) is 1.76. The number of piperazine rings is 1. The molecule has 0 spiro atoms. The van der Waals surface area contributed by atoms with Gasteiger partial charge in [0.2, 0.25) is 10.0 Å². The van der Waals surface area contributed by atoms with Crippen LogP contribution in [0.5, 0.6) is 5.75 Å². The quantitative estimate of drug-likeness (QED) is 0.786. The Labute approximate surface area is 158 Å². The topological polar surface area (TPSA) is 93.0 Å². The molecule has 3 rings (SSSR count). The van der Waals surface area contributed by atoms with Crippen LogP contribution in [-0.4, -0.2) is 62.0 Å². The van der Waals surface area contributed by atoms with Crippen LogP contribution in [0.15, 0.2) is 27.6 Å². The third kappa shape index (κ3) is 3.57. The van der Waals surface area contributed by atoms with E-state index in [-0.39, 0.29) is 23.9 Å². The van der Waals surface area contributed by atoms with Crippen LogP contribution in [0.2, 0.25) is 0 Å². The van der Waals surface area contributed by atoms with Crippen LogP contribution in [0.25, 0.3) is 0 Å². The molecule has 1 aliphatic heterocycles. The summed E-state index contributed by atoms with van der Waals surface area (Å²) in [6.07, 6.45) is 0. The molecule has 1 aromatic carbocycles. The zero-order chi connectivity index (χ0) is 19.8. The van der Waals surface area contributed by atoms with E-state index in [9.17, 15) is 13.2 Å². The van der Waals surface area contributed by atoms with Crippen LogP contribution < -0.4 is 4.74 Å². The highest BCUT2D eigenvalue weighted by molar-refractivity contribution is 7.89. The lowest BCUT2D eigenvalue weighted by Gasteiger charge is -2.34. The van der Waals surface area contributed by atoms with Gasteiger partial charge in [-0.1, -0.05) is 5.16 Å². The standard InChI is InChI=1S/C18H23N3O5S/c1-12-11-15(5-6-16(12)25-4)27(23,24)21-9-7-20(8-10-21)18(22)17-13(2)19-26-14(17)3/h5-6,11H,7-10H2,1-4H3. The summed E-state index contributed by atoms with van der Waals surface area (Å²) >= 11 is 0. The lowest BCUT2D eigenvalue weighted by Crippen LogP contribution is -2.50. The van der Waals surface area contributed by atoms with E-state index in [4.69, 9.17) is 9.26 Å². The first-order valence-corrected chi connectivity index (χ1v) is 10.1. The van der Waals surface area contributed by atoms with Gasteiger partial charge in [-0.2, -0.15) is 4.31 Å². The minimum Gasteiger partial charge on any atom is -0.496 e. The molecular formula is C18H23N3O5S. The van der Waals surface area contributed by atoms with Crippen molar-refractivity contribution in [2.45, 2.75) is 25.7 Å². The maximum Gasteiger partial charge on any atom is 0.259 e. The normalized spacial score (nSPS) is 15.8. The molecule has 1 amide bonds. The lowest BCUT2D eigenvalue weighted by atomic mass is 10.1. The Balaban J connectivity index is 1.73. The molecule has 1 aromatic heterocycles. The second kappa shape index (κ2) is 7.32. The number of methoxy groups -OCH3 is 1. The van der Waals surface area contributed by atoms with Gasteiger partial charge in [-0.05, 0) is 44.5 Å². The second-order valence-corrected chi connectivity index (χ2v) is 8.46. The summed E-state index contributed by atoms with van der Waals surface area (Å²) in [5, 5.41) is 3.81. The molecule has 1 saturated heterocycles. The first-order valence-electron chi connectivity index (χ1n) is 8.62. The maximum atomic E-state index is 12.9. The van der Waals surface area contributed by atoms with Gasteiger partial charge >= 0.3 is 0 Å². The van der Waals surface area contributed by atoms with Crippen molar-refractivity contribution in [2.75, 3.05) is 33.3 Å². The number of aryl methyl sites for hydroxylation is 3. The van der Waals surface area contributed by atoms with Gasteiger partial charge < -0.3 is 14.2 Å².